The fourth-order valence-electron chi connectivity index (χ4n) is 12.4. The van der Waals surface area contributed by atoms with Crippen LogP contribution in [0.1, 0.15) is 209 Å². The highest BCUT2D eigenvalue weighted by Crippen LogP contribution is 2.31. The Bertz CT molecular complexity index is 2630. The van der Waals surface area contributed by atoms with Crippen LogP contribution in [0.25, 0.3) is 18.2 Å². The van der Waals surface area contributed by atoms with Crippen LogP contribution in [0, 0.1) is 0 Å². The van der Waals surface area contributed by atoms with Gasteiger partial charge in [0.2, 0.25) is 17.8 Å². The van der Waals surface area contributed by atoms with Crippen LogP contribution in [0.3, 0.4) is 0 Å². The first-order valence-electron chi connectivity index (χ1n) is 32.3. The molecule has 0 saturated heterocycles. The van der Waals surface area contributed by atoms with Crippen LogP contribution >= 0.6 is 0 Å². The molecule has 0 spiro atoms. The molecular weight excluding hydrogens is 1100 g/mol. The molecule has 0 radical (unpaired) electrons. The van der Waals surface area contributed by atoms with Crippen molar-refractivity contribution in [2.75, 3.05) is 16.0 Å². The fourth-order valence-corrected chi connectivity index (χ4v) is 12.4. The summed E-state index contributed by atoms with van der Waals surface area (Å²) in [5.41, 5.74) is 3.05. The minimum Gasteiger partial charge on any atom is -0.459 e. The highest BCUT2D eigenvalue weighted by Gasteiger charge is 2.32. The molecule has 1 heterocycles. The summed E-state index contributed by atoms with van der Waals surface area (Å²) in [4.78, 5) is 96.3. The largest absolute Gasteiger partial charge is 0.459 e. The van der Waals surface area contributed by atoms with Gasteiger partial charge in [-0.25, -0.2) is 28.8 Å². The van der Waals surface area contributed by atoms with Crippen molar-refractivity contribution in [1.82, 2.24) is 15.0 Å². The molecule has 87 heavy (non-hydrogen) atoms. The number of benzene rings is 3. The highest BCUT2D eigenvalue weighted by atomic mass is 16.6. The molecule has 6 fully saturated rings. The van der Waals surface area contributed by atoms with Crippen molar-refractivity contribution in [2.45, 2.75) is 229 Å². The van der Waals surface area contributed by atoms with E-state index in [4.69, 9.17) is 43.4 Å². The minimum atomic E-state index is -0.685. The first-order valence-corrected chi connectivity index (χ1v) is 32.3. The van der Waals surface area contributed by atoms with Gasteiger partial charge in [-0.3, -0.25) is 0 Å². The van der Waals surface area contributed by atoms with E-state index >= 15 is 0 Å². The number of rotatable bonds is 21. The molecule has 0 atom stereocenters. The third-order valence-corrected chi connectivity index (χ3v) is 17.3. The number of carbonyl (C=O) groups excluding carboxylic acids is 6. The lowest BCUT2D eigenvalue weighted by Gasteiger charge is -2.24. The van der Waals surface area contributed by atoms with Crippen LogP contribution in [0.5, 0.6) is 0 Å². The Hall–Kier alpha value is -7.89. The highest BCUT2D eigenvalue weighted by molar-refractivity contribution is 6.19. The smallest absolute Gasteiger partial charge is 0.345 e. The van der Waals surface area contributed by atoms with E-state index in [1.807, 2.05) is 0 Å². The lowest BCUT2D eigenvalue weighted by Crippen LogP contribution is -2.28. The van der Waals surface area contributed by atoms with Crippen molar-refractivity contribution in [3.8, 4) is 0 Å². The molecule has 0 aliphatic heterocycles. The fraction of sp³-hybridized carbons (Fsp3) is 0.522. The summed E-state index contributed by atoms with van der Waals surface area (Å²) in [6.07, 6.45) is 30.4. The van der Waals surface area contributed by atoms with Gasteiger partial charge >= 0.3 is 35.8 Å². The van der Waals surface area contributed by atoms with Gasteiger partial charge in [0, 0.05) is 17.1 Å². The molecule has 0 bridgehead atoms. The third kappa shape index (κ3) is 19.1. The van der Waals surface area contributed by atoms with Gasteiger partial charge in [0.15, 0.2) is 0 Å². The number of anilines is 6. The number of ether oxygens (including phenoxy) is 6. The molecule has 6 saturated carbocycles. The standard InChI is InChI=1S/C69H84N6O12/c76-61(82-52-19-7-1-8-20-52)58(62(77)83-53-21-9-2-10-22-53)43-46-31-37-49(38-32-46)70-67-73-68(71-50-39-33-47(34-40-50)44-59(63(78)84-54-23-11-3-12-24-54)64(79)85-55-25-13-4-14-26-55)75-69(74-67)72-51-41-35-48(36-42-51)45-60(65(80)86-56-27-15-5-16-28-56)66(81)87-57-29-17-6-18-30-57/h31-45,52-57H,1-30H2,(H3,70,71,72,73,74,75). The molecule has 1 aromatic heterocycles. The lowest BCUT2D eigenvalue weighted by atomic mass is 9.97. The van der Waals surface area contributed by atoms with E-state index in [0.29, 0.717) is 33.8 Å². The maximum absolute atomic E-state index is 13.7. The zero-order chi connectivity index (χ0) is 60.2. The van der Waals surface area contributed by atoms with Gasteiger partial charge in [-0.05, 0) is 225 Å². The Morgan fingerprint density at radius 2 is 0.448 bits per heavy atom. The maximum atomic E-state index is 13.7. The Labute approximate surface area is 510 Å². The summed E-state index contributed by atoms with van der Waals surface area (Å²) in [6.45, 7) is 0. The molecular formula is C69H84N6O12. The Morgan fingerprint density at radius 1 is 0.276 bits per heavy atom. The number of esters is 6. The number of nitrogens with zero attached hydrogens (tertiary/aromatic N) is 3. The molecule has 3 aromatic carbocycles. The Kier molecular flexibility index (Phi) is 22.6. The van der Waals surface area contributed by atoms with E-state index in [2.05, 4.69) is 16.0 Å². The Morgan fingerprint density at radius 3 is 0.621 bits per heavy atom. The number of hydrogen-bond donors (Lipinski definition) is 3. The monoisotopic (exact) mass is 1190 g/mol. The van der Waals surface area contributed by atoms with Gasteiger partial charge in [0.05, 0.1) is 0 Å². The topological polar surface area (TPSA) is 233 Å². The number of aromatic nitrogens is 3. The molecule has 462 valence electrons. The predicted octanol–water partition coefficient (Wildman–Crippen LogP) is 14.5. The van der Waals surface area contributed by atoms with Crippen molar-refractivity contribution in [1.29, 1.82) is 0 Å². The maximum Gasteiger partial charge on any atom is 0.345 e. The predicted molar refractivity (Wildman–Crippen MR) is 331 cm³/mol. The molecule has 18 heteroatoms. The Balaban J connectivity index is 0.899. The van der Waals surface area contributed by atoms with Crippen molar-refractivity contribution >= 4 is 89.0 Å². The average Bonchev–Trinajstić information content (AvgIpc) is 3.74. The van der Waals surface area contributed by atoms with E-state index in [1.165, 1.54) is 18.2 Å². The molecule has 10 rings (SSSR count). The first-order chi connectivity index (χ1) is 42.5. The number of hydrogen-bond acceptors (Lipinski definition) is 18. The summed E-state index contributed by atoms with van der Waals surface area (Å²) >= 11 is 0. The van der Waals surface area contributed by atoms with Gasteiger partial charge in [-0.1, -0.05) is 74.9 Å². The van der Waals surface area contributed by atoms with E-state index < -0.39 is 35.8 Å². The van der Waals surface area contributed by atoms with Gasteiger partial charge < -0.3 is 44.4 Å². The first kappa shape index (κ1) is 62.2. The summed E-state index contributed by atoms with van der Waals surface area (Å²) < 4.78 is 35.3. The summed E-state index contributed by atoms with van der Waals surface area (Å²) in [5.74, 6) is -3.65. The van der Waals surface area contributed by atoms with E-state index in [9.17, 15) is 28.8 Å². The summed E-state index contributed by atoms with van der Waals surface area (Å²) in [5, 5.41) is 9.82. The summed E-state index contributed by atoms with van der Waals surface area (Å²) in [7, 11) is 0. The van der Waals surface area contributed by atoms with Gasteiger partial charge in [-0.15, -0.1) is 0 Å². The van der Waals surface area contributed by atoms with E-state index in [1.54, 1.807) is 72.8 Å². The number of nitrogens with one attached hydrogen (secondary N) is 3. The van der Waals surface area contributed by atoms with Crippen LogP contribution in [0.2, 0.25) is 0 Å². The second-order valence-corrected chi connectivity index (χ2v) is 24.2. The van der Waals surface area contributed by atoms with Crippen LogP contribution in [-0.2, 0) is 57.2 Å². The van der Waals surface area contributed by atoms with Crippen molar-refractivity contribution < 1.29 is 57.2 Å². The van der Waals surface area contributed by atoms with Crippen LogP contribution in [-0.4, -0.2) is 87.4 Å². The average molecular weight is 1190 g/mol. The van der Waals surface area contributed by atoms with Crippen molar-refractivity contribution in [2.24, 2.45) is 0 Å². The summed E-state index contributed by atoms with van der Waals surface area (Å²) in [6, 6.07) is 21.3. The molecule has 18 nitrogen and oxygen atoms in total. The molecule has 3 N–H and O–H groups in total. The SMILES string of the molecule is O=C(OC1CCCCC1)C(=Cc1ccc(Nc2nc(Nc3ccc(C=C(C(=O)OC4CCCCC4)C(=O)OC4CCCCC4)cc3)nc(Nc3ccc(C=C(C(=O)OC4CCCCC4)C(=O)OC4CCCCC4)cc3)n2)cc1)C(=O)OC1CCCCC1. The van der Waals surface area contributed by atoms with E-state index in [0.717, 1.165) is 193 Å². The molecule has 6 aliphatic carbocycles. The van der Waals surface area contributed by atoms with Crippen LogP contribution in [0.4, 0.5) is 34.9 Å². The van der Waals surface area contributed by atoms with E-state index in [-0.39, 0.29) is 71.2 Å². The van der Waals surface area contributed by atoms with Gasteiger partial charge in [0.1, 0.15) is 53.3 Å². The lowest BCUT2D eigenvalue weighted by molar-refractivity contribution is -0.155. The molecule has 0 unspecified atom stereocenters. The molecule has 6 aliphatic rings. The van der Waals surface area contributed by atoms with Crippen molar-refractivity contribution in [3.05, 3.63) is 106 Å². The van der Waals surface area contributed by atoms with Gasteiger partial charge in [0.25, 0.3) is 0 Å². The quantitative estimate of drug-likeness (QED) is 0.0231. The second kappa shape index (κ2) is 31.7. The van der Waals surface area contributed by atoms with Crippen LogP contribution < -0.4 is 16.0 Å². The zero-order valence-electron chi connectivity index (χ0n) is 50.1. The molecule has 0 amide bonds. The number of carbonyl (C=O) groups is 6. The van der Waals surface area contributed by atoms with Crippen LogP contribution in [0.15, 0.2) is 89.5 Å². The second-order valence-electron chi connectivity index (χ2n) is 24.2. The molecule has 4 aromatic rings. The van der Waals surface area contributed by atoms with Crippen molar-refractivity contribution in [3.63, 3.8) is 0 Å². The normalized spacial score (nSPS) is 18.3. The third-order valence-electron chi connectivity index (χ3n) is 17.3. The van der Waals surface area contributed by atoms with Gasteiger partial charge in [-0.2, -0.15) is 15.0 Å². The zero-order valence-corrected chi connectivity index (χ0v) is 50.1. The minimum absolute atomic E-state index is 0.145.